The lowest BCUT2D eigenvalue weighted by molar-refractivity contribution is -0.133. The zero-order valence-corrected chi connectivity index (χ0v) is 12.5. The number of carbonyl (C=O) groups excluding carboxylic acids is 1. The van der Waals surface area contributed by atoms with Gasteiger partial charge in [0, 0.05) is 6.42 Å². The van der Waals surface area contributed by atoms with Crippen LogP contribution in [-0.2, 0) is 20.8 Å². The summed E-state index contributed by atoms with van der Waals surface area (Å²) >= 11 is 0. The number of hydrogen-bond donors (Lipinski definition) is 0. The average molecular weight is 299 g/mol. The van der Waals surface area contributed by atoms with E-state index in [2.05, 4.69) is 14.7 Å². The Labute approximate surface area is 129 Å². The zero-order chi connectivity index (χ0) is 15.8. The van der Waals surface area contributed by atoms with Gasteiger partial charge in [-0.2, -0.15) is 0 Å². The molecule has 2 aromatic carbocycles. The maximum absolute atomic E-state index is 11.6. The lowest BCUT2D eigenvalue weighted by Gasteiger charge is -2.08. The molecule has 2 aromatic rings. The normalized spacial score (nSPS) is 10.9. The summed E-state index contributed by atoms with van der Waals surface area (Å²) in [5, 5.41) is 3.71. The number of esters is 1. The Hall–Kier alpha value is -2.82. The van der Waals surface area contributed by atoms with Crippen molar-refractivity contribution in [1.29, 1.82) is 0 Å². The highest BCUT2D eigenvalue weighted by molar-refractivity contribution is 6.36. The fourth-order valence-corrected chi connectivity index (χ4v) is 1.91. The zero-order valence-electron chi connectivity index (χ0n) is 12.5. The highest BCUT2D eigenvalue weighted by Crippen LogP contribution is 2.22. The molecule has 5 nitrogen and oxygen atoms in total. The number of para-hydroxylation sites is 1. The van der Waals surface area contributed by atoms with Crippen LogP contribution < -0.4 is 4.74 Å². The molecule has 0 heterocycles. The van der Waals surface area contributed by atoms with Crippen LogP contribution in [0.3, 0.4) is 0 Å². The third-order valence-electron chi connectivity index (χ3n) is 2.87. The molecule has 0 amide bonds. The molecule has 0 aliphatic heterocycles. The van der Waals surface area contributed by atoms with Gasteiger partial charge in [-0.3, -0.25) is 0 Å². The smallest absolute Gasteiger partial charge is 0.356 e. The van der Waals surface area contributed by atoms with E-state index in [9.17, 15) is 4.79 Å². The van der Waals surface area contributed by atoms with E-state index in [0.717, 1.165) is 11.3 Å². The molecule has 5 heteroatoms. The molecule has 0 bridgehead atoms. The molecule has 22 heavy (non-hydrogen) atoms. The first-order valence-corrected chi connectivity index (χ1v) is 6.73. The molecule has 0 aliphatic carbocycles. The standard InChI is InChI=1S/C17H17NO4/c1-20-17(19)16(18-21-2)12-13-7-6-10-15(11-13)22-14-8-4-3-5-9-14/h3-11H,12H2,1-2H3. The van der Waals surface area contributed by atoms with Crippen molar-refractivity contribution >= 4 is 11.7 Å². The lowest BCUT2D eigenvalue weighted by atomic mass is 10.1. The van der Waals surface area contributed by atoms with Crippen LogP contribution in [0.2, 0.25) is 0 Å². The van der Waals surface area contributed by atoms with Crippen LogP contribution in [-0.4, -0.2) is 25.9 Å². The average Bonchev–Trinajstić information content (AvgIpc) is 2.55. The van der Waals surface area contributed by atoms with Gasteiger partial charge >= 0.3 is 5.97 Å². The third kappa shape index (κ3) is 4.34. The second kappa shape index (κ2) is 7.83. The monoisotopic (exact) mass is 299 g/mol. The number of ether oxygens (including phenoxy) is 2. The molecule has 0 N–H and O–H groups in total. The molecule has 0 aliphatic rings. The van der Waals surface area contributed by atoms with E-state index in [1.165, 1.54) is 14.2 Å². The van der Waals surface area contributed by atoms with Crippen LogP contribution in [0.15, 0.2) is 59.8 Å². The predicted molar refractivity (Wildman–Crippen MR) is 83.1 cm³/mol. The van der Waals surface area contributed by atoms with Gasteiger partial charge in [0.25, 0.3) is 0 Å². The van der Waals surface area contributed by atoms with Gasteiger partial charge in [-0.15, -0.1) is 0 Å². The summed E-state index contributed by atoms with van der Waals surface area (Å²) in [5.74, 6) is 0.917. The molecule has 0 unspecified atom stereocenters. The first kappa shape index (κ1) is 15.6. The summed E-state index contributed by atoms with van der Waals surface area (Å²) < 4.78 is 10.4. The van der Waals surface area contributed by atoms with Crippen LogP contribution in [0.5, 0.6) is 11.5 Å². The Morgan fingerprint density at radius 3 is 2.41 bits per heavy atom. The highest BCUT2D eigenvalue weighted by atomic mass is 16.6. The summed E-state index contributed by atoms with van der Waals surface area (Å²) in [6, 6.07) is 16.9. The second-order valence-corrected chi connectivity index (χ2v) is 4.45. The van der Waals surface area contributed by atoms with Crippen molar-refractivity contribution < 1.29 is 19.1 Å². The molecule has 114 valence electrons. The number of benzene rings is 2. The Morgan fingerprint density at radius 2 is 1.73 bits per heavy atom. The first-order chi connectivity index (χ1) is 10.7. The van der Waals surface area contributed by atoms with Gasteiger partial charge in [0.1, 0.15) is 18.6 Å². The summed E-state index contributed by atoms with van der Waals surface area (Å²) in [4.78, 5) is 16.3. The predicted octanol–water partition coefficient (Wildman–Crippen LogP) is 3.20. The topological polar surface area (TPSA) is 57.1 Å². The van der Waals surface area contributed by atoms with Crippen molar-refractivity contribution in [3.05, 3.63) is 60.2 Å². The van der Waals surface area contributed by atoms with Crippen molar-refractivity contribution in [2.75, 3.05) is 14.2 Å². The van der Waals surface area contributed by atoms with Gasteiger partial charge in [-0.05, 0) is 29.8 Å². The van der Waals surface area contributed by atoms with Crippen molar-refractivity contribution in [2.24, 2.45) is 5.16 Å². The molecule has 0 spiro atoms. The van der Waals surface area contributed by atoms with Crippen molar-refractivity contribution in [3.63, 3.8) is 0 Å². The van der Waals surface area contributed by atoms with Gasteiger partial charge in [0.15, 0.2) is 5.71 Å². The van der Waals surface area contributed by atoms with E-state index < -0.39 is 5.97 Å². The summed E-state index contributed by atoms with van der Waals surface area (Å²) in [6.45, 7) is 0. The summed E-state index contributed by atoms with van der Waals surface area (Å²) in [5.41, 5.74) is 1.07. The van der Waals surface area contributed by atoms with Gasteiger partial charge in [-0.1, -0.05) is 35.5 Å². The lowest BCUT2D eigenvalue weighted by Crippen LogP contribution is -2.18. The van der Waals surface area contributed by atoms with Crippen LogP contribution in [0.1, 0.15) is 5.56 Å². The summed E-state index contributed by atoms with van der Waals surface area (Å²) in [7, 11) is 2.69. The number of methoxy groups -OCH3 is 1. The largest absolute Gasteiger partial charge is 0.464 e. The molecule has 0 fully saturated rings. The molecule has 2 rings (SSSR count). The fraction of sp³-hybridized carbons (Fsp3) is 0.176. The number of oxime groups is 1. The van der Waals surface area contributed by atoms with Crippen LogP contribution >= 0.6 is 0 Å². The van der Waals surface area contributed by atoms with Crippen LogP contribution in [0.4, 0.5) is 0 Å². The highest BCUT2D eigenvalue weighted by Gasteiger charge is 2.14. The first-order valence-electron chi connectivity index (χ1n) is 6.73. The molecule has 0 aromatic heterocycles. The maximum atomic E-state index is 11.6. The number of rotatable bonds is 6. The van der Waals surface area contributed by atoms with Crippen molar-refractivity contribution in [2.45, 2.75) is 6.42 Å². The van der Waals surface area contributed by atoms with Gasteiger partial charge in [0.2, 0.25) is 0 Å². The van der Waals surface area contributed by atoms with Crippen LogP contribution in [0, 0.1) is 0 Å². The SMILES string of the molecule is CON=C(Cc1cccc(Oc2ccccc2)c1)C(=O)OC. The Morgan fingerprint density at radius 1 is 1.00 bits per heavy atom. The minimum Gasteiger partial charge on any atom is -0.464 e. The van der Waals surface area contributed by atoms with Gasteiger partial charge in [-0.25, -0.2) is 4.79 Å². The number of hydrogen-bond acceptors (Lipinski definition) is 5. The Kier molecular flexibility index (Phi) is 5.54. The molecule has 0 saturated carbocycles. The van der Waals surface area contributed by atoms with E-state index >= 15 is 0 Å². The molecular formula is C17H17NO4. The van der Waals surface area contributed by atoms with E-state index in [0.29, 0.717) is 12.2 Å². The minimum absolute atomic E-state index is 0.196. The van der Waals surface area contributed by atoms with Crippen LogP contribution in [0.25, 0.3) is 0 Å². The fourth-order valence-electron chi connectivity index (χ4n) is 1.91. The van der Waals surface area contributed by atoms with Gasteiger partial charge in [0.05, 0.1) is 7.11 Å². The molecule has 0 radical (unpaired) electrons. The summed E-state index contributed by atoms with van der Waals surface area (Å²) in [6.07, 6.45) is 0.298. The number of nitrogens with zero attached hydrogens (tertiary/aromatic N) is 1. The number of carbonyl (C=O) groups is 1. The maximum Gasteiger partial charge on any atom is 0.356 e. The molecule has 0 saturated heterocycles. The third-order valence-corrected chi connectivity index (χ3v) is 2.87. The van der Waals surface area contributed by atoms with E-state index in [-0.39, 0.29) is 5.71 Å². The molecular weight excluding hydrogens is 282 g/mol. The van der Waals surface area contributed by atoms with Crippen molar-refractivity contribution in [3.8, 4) is 11.5 Å². The molecule has 0 atom stereocenters. The van der Waals surface area contributed by atoms with Crippen molar-refractivity contribution in [1.82, 2.24) is 0 Å². The Bertz CT molecular complexity index is 653. The van der Waals surface area contributed by atoms with E-state index in [4.69, 9.17) is 4.74 Å². The minimum atomic E-state index is -0.517. The quantitative estimate of drug-likeness (QED) is 0.467. The second-order valence-electron chi connectivity index (χ2n) is 4.45. The van der Waals surface area contributed by atoms with E-state index in [1.807, 2.05) is 54.6 Å². The van der Waals surface area contributed by atoms with Gasteiger partial charge < -0.3 is 14.3 Å². The Balaban J connectivity index is 2.14. The van der Waals surface area contributed by atoms with E-state index in [1.54, 1.807) is 0 Å².